The molecule has 0 radical (unpaired) electrons. The molecule has 0 spiro atoms. The minimum atomic E-state index is -3.18. The number of anilines is 1. The van der Waals surface area contributed by atoms with Gasteiger partial charge in [-0.25, -0.2) is 8.42 Å². The molecule has 7 heteroatoms. The number of nitrogens with zero attached hydrogens (tertiary/aromatic N) is 2. The van der Waals surface area contributed by atoms with E-state index in [9.17, 15) is 13.2 Å². The van der Waals surface area contributed by atoms with Crippen LogP contribution in [0.2, 0.25) is 0 Å². The highest BCUT2D eigenvalue weighted by molar-refractivity contribution is 7.93. The van der Waals surface area contributed by atoms with Gasteiger partial charge in [0.1, 0.15) is 0 Å². The van der Waals surface area contributed by atoms with E-state index in [4.69, 9.17) is 0 Å². The second-order valence-corrected chi connectivity index (χ2v) is 9.35. The first-order valence-corrected chi connectivity index (χ1v) is 10.8. The van der Waals surface area contributed by atoms with Crippen LogP contribution in [-0.4, -0.2) is 57.7 Å². The maximum Gasteiger partial charge on any atom is 0.253 e. The first-order chi connectivity index (χ1) is 12.0. The number of nitrogens with one attached hydrogen (secondary N) is 1. The summed E-state index contributed by atoms with van der Waals surface area (Å²) in [5, 5.41) is 3.45. The highest BCUT2D eigenvalue weighted by Gasteiger charge is 2.32. The van der Waals surface area contributed by atoms with Crippen molar-refractivity contribution in [3.8, 4) is 0 Å². The first-order valence-electron chi connectivity index (χ1n) is 9.15. The van der Waals surface area contributed by atoms with E-state index in [0.717, 1.165) is 39.0 Å². The molecule has 3 fully saturated rings. The number of carbonyl (C=O) groups excluding carboxylic acids is 1. The molecule has 6 nitrogen and oxygen atoms in total. The maximum absolute atomic E-state index is 12.8. The summed E-state index contributed by atoms with van der Waals surface area (Å²) in [6.07, 6.45) is 2.79. The second-order valence-electron chi connectivity index (χ2n) is 7.34. The summed E-state index contributed by atoms with van der Waals surface area (Å²) < 4.78 is 25.5. The molecule has 3 heterocycles. The Morgan fingerprint density at radius 3 is 2.20 bits per heavy atom. The van der Waals surface area contributed by atoms with Crippen molar-refractivity contribution >= 4 is 21.6 Å². The van der Waals surface area contributed by atoms with Crippen LogP contribution < -0.4 is 9.62 Å². The summed E-state index contributed by atoms with van der Waals surface area (Å²) >= 11 is 0. The van der Waals surface area contributed by atoms with Gasteiger partial charge in [0.15, 0.2) is 0 Å². The third-order valence-electron chi connectivity index (χ3n) is 5.81. The van der Waals surface area contributed by atoms with Crippen LogP contribution >= 0.6 is 0 Å². The molecular weight excluding hydrogens is 338 g/mol. The quantitative estimate of drug-likeness (QED) is 0.860. The van der Waals surface area contributed by atoms with Crippen molar-refractivity contribution in [2.45, 2.75) is 19.3 Å². The Balaban J connectivity index is 1.45. The Morgan fingerprint density at radius 1 is 1.00 bits per heavy atom. The molecule has 1 N–H and O–H groups in total. The fourth-order valence-corrected chi connectivity index (χ4v) is 5.87. The van der Waals surface area contributed by atoms with E-state index in [-0.39, 0.29) is 11.7 Å². The lowest BCUT2D eigenvalue weighted by molar-refractivity contribution is 0.0758. The van der Waals surface area contributed by atoms with Crippen molar-refractivity contribution in [3.05, 3.63) is 29.8 Å². The molecule has 4 rings (SSSR count). The molecule has 25 heavy (non-hydrogen) atoms. The number of benzene rings is 1. The minimum absolute atomic E-state index is 0.0590. The Morgan fingerprint density at radius 2 is 1.64 bits per heavy atom. The standard InChI is InChI=1S/C18H25N3O3S/c22-18(20-9-6-15-12-19-13-16(15)7-10-20)14-2-4-17(5-3-14)21-8-1-11-25(21,23)24/h2-5,15-16,19H,1,6-13H2/t15-,16+. The van der Waals surface area contributed by atoms with Gasteiger partial charge in [0.25, 0.3) is 5.91 Å². The molecule has 2 atom stereocenters. The van der Waals surface area contributed by atoms with Crippen LogP contribution in [0.25, 0.3) is 0 Å². The number of amides is 1. The Hall–Kier alpha value is -1.60. The molecular formula is C18H25N3O3S. The number of rotatable bonds is 2. The zero-order chi connectivity index (χ0) is 17.4. The monoisotopic (exact) mass is 363 g/mol. The maximum atomic E-state index is 12.8. The SMILES string of the molecule is O=C(c1ccc(N2CCCS2(=O)=O)cc1)N1CC[C@@H]2CNC[C@@H]2CC1. The average molecular weight is 363 g/mol. The molecule has 0 bridgehead atoms. The van der Waals surface area contributed by atoms with E-state index in [1.54, 1.807) is 24.3 Å². The summed E-state index contributed by atoms with van der Waals surface area (Å²) in [5.74, 6) is 1.66. The van der Waals surface area contributed by atoms with Gasteiger partial charge in [-0.05, 0) is 68.5 Å². The average Bonchev–Trinajstić information content (AvgIpc) is 3.15. The number of sulfonamides is 1. The molecule has 0 aromatic heterocycles. The van der Waals surface area contributed by atoms with Gasteiger partial charge in [-0.1, -0.05) is 0 Å². The molecule has 1 amide bonds. The third-order valence-corrected chi connectivity index (χ3v) is 7.68. The normalized spacial score (nSPS) is 28.6. The Kier molecular flexibility index (Phi) is 4.45. The van der Waals surface area contributed by atoms with Crippen molar-refractivity contribution in [1.29, 1.82) is 0 Å². The van der Waals surface area contributed by atoms with Gasteiger partial charge < -0.3 is 10.2 Å². The van der Waals surface area contributed by atoms with Crippen LogP contribution in [0.15, 0.2) is 24.3 Å². The summed E-state index contributed by atoms with van der Waals surface area (Å²) in [4.78, 5) is 14.8. The Bertz CT molecular complexity index is 733. The smallest absolute Gasteiger partial charge is 0.253 e. The molecule has 1 aromatic carbocycles. The molecule has 3 saturated heterocycles. The largest absolute Gasteiger partial charge is 0.339 e. The van der Waals surface area contributed by atoms with Gasteiger partial charge in [-0.3, -0.25) is 9.10 Å². The van der Waals surface area contributed by atoms with E-state index >= 15 is 0 Å². The minimum Gasteiger partial charge on any atom is -0.339 e. The highest BCUT2D eigenvalue weighted by Crippen LogP contribution is 2.28. The fourth-order valence-electron chi connectivity index (χ4n) is 4.30. The van der Waals surface area contributed by atoms with Crippen molar-refractivity contribution in [3.63, 3.8) is 0 Å². The van der Waals surface area contributed by atoms with E-state index < -0.39 is 10.0 Å². The van der Waals surface area contributed by atoms with Crippen LogP contribution in [0.1, 0.15) is 29.6 Å². The van der Waals surface area contributed by atoms with Gasteiger partial charge in [0.2, 0.25) is 10.0 Å². The zero-order valence-electron chi connectivity index (χ0n) is 14.4. The molecule has 0 unspecified atom stereocenters. The summed E-state index contributed by atoms with van der Waals surface area (Å²) in [6, 6.07) is 7.04. The second kappa shape index (κ2) is 6.61. The topological polar surface area (TPSA) is 69.7 Å². The zero-order valence-corrected chi connectivity index (χ0v) is 15.2. The fraction of sp³-hybridized carbons (Fsp3) is 0.611. The summed E-state index contributed by atoms with van der Waals surface area (Å²) in [5.41, 5.74) is 1.30. The lowest BCUT2D eigenvalue weighted by Crippen LogP contribution is -2.32. The van der Waals surface area contributed by atoms with Gasteiger partial charge in [0.05, 0.1) is 11.4 Å². The number of fused-ring (bicyclic) bond motifs is 1. The number of likely N-dealkylation sites (tertiary alicyclic amines) is 1. The number of hydrogen-bond donors (Lipinski definition) is 1. The van der Waals surface area contributed by atoms with E-state index in [2.05, 4.69) is 5.32 Å². The van der Waals surface area contributed by atoms with Crippen molar-refractivity contribution < 1.29 is 13.2 Å². The van der Waals surface area contributed by atoms with Gasteiger partial charge in [-0.15, -0.1) is 0 Å². The summed E-state index contributed by atoms with van der Waals surface area (Å²) in [6.45, 7) is 4.30. The number of hydrogen-bond acceptors (Lipinski definition) is 4. The van der Waals surface area contributed by atoms with Crippen LogP contribution in [0.3, 0.4) is 0 Å². The predicted octanol–water partition coefficient (Wildman–Crippen LogP) is 1.30. The molecule has 0 aliphatic carbocycles. The molecule has 3 aliphatic rings. The van der Waals surface area contributed by atoms with Gasteiger partial charge in [-0.2, -0.15) is 0 Å². The van der Waals surface area contributed by atoms with Crippen molar-refractivity contribution in [1.82, 2.24) is 10.2 Å². The Labute approximate surface area is 149 Å². The van der Waals surface area contributed by atoms with Gasteiger partial charge >= 0.3 is 0 Å². The van der Waals surface area contributed by atoms with E-state index in [1.165, 1.54) is 4.31 Å². The number of carbonyl (C=O) groups is 1. The van der Waals surface area contributed by atoms with E-state index in [1.807, 2.05) is 4.90 Å². The summed E-state index contributed by atoms with van der Waals surface area (Å²) in [7, 11) is -3.18. The van der Waals surface area contributed by atoms with Crippen LogP contribution in [-0.2, 0) is 10.0 Å². The van der Waals surface area contributed by atoms with E-state index in [0.29, 0.717) is 36.1 Å². The van der Waals surface area contributed by atoms with Gasteiger partial charge in [0, 0.05) is 25.2 Å². The predicted molar refractivity (Wildman–Crippen MR) is 97.2 cm³/mol. The lowest BCUT2D eigenvalue weighted by atomic mass is 9.92. The molecule has 3 aliphatic heterocycles. The lowest BCUT2D eigenvalue weighted by Gasteiger charge is -2.22. The van der Waals surface area contributed by atoms with Crippen molar-refractivity contribution in [2.75, 3.05) is 42.8 Å². The first kappa shape index (κ1) is 16.8. The van der Waals surface area contributed by atoms with Crippen molar-refractivity contribution in [2.24, 2.45) is 11.8 Å². The third kappa shape index (κ3) is 3.27. The van der Waals surface area contributed by atoms with Crippen LogP contribution in [0.5, 0.6) is 0 Å². The van der Waals surface area contributed by atoms with Crippen LogP contribution in [0, 0.1) is 11.8 Å². The molecule has 136 valence electrons. The molecule has 1 aromatic rings. The molecule has 0 saturated carbocycles. The van der Waals surface area contributed by atoms with Crippen LogP contribution in [0.4, 0.5) is 5.69 Å². The highest BCUT2D eigenvalue weighted by atomic mass is 32.2.